The van der Waals surface area contributed by atoms with E-state index in [9.17, 15) is 9.59 Å². The molecule has 7 heteroatoms. The Labute approximate surface area is 166 Å². The topological polar surface area (TPSA) is 71.5 Å². The predicted molar refractivity (Wildman–Crippen MR) is 107 cm³/mol. The maximum Gasteiger partial charge on any atom is 0.266 e. The molecule has 0 bridgehead atoms. The number of amides is 2. The number of likely N-dealkylation sites (tertiary alicyclic amines) is 1. The molecule has 2 amide bonds. The number of carbonyl (C=O) groups excluding carboxylic acids is 2. The largest absolute Gasteiger partial charge is 0.478 e. The molecular weight excluding hydrogens is 374 g/mol. The summed E-state index contributed by atoms with van der Waals surface area (Å²) in [6.45, 7) is 0.685. The van der Waals surface area contributed by atoms with Gasteiger partial charge in [0.25, 0.3) is 5.91 Å². The zero-order valence-corrected chi connectivity index (χ0v) is 15.9. The summed E-state index contributed by atoms with van der Waals surface area (Å²) in [5, 5.41) is 3.79. The van der Waals surface area contributed by atoms with E-state index in [2.05, 4.69) is 11.4 Å². The van der Waals surface area contributed by atoms with Gasteiger partial charge in [-0.15, -0.1) is 11.3 Å². The minimum atomic E-state index is -0.806. The first-order chi connectivity index (χ1) is 13.7. The standard InChI is InChI=1S/C21H19N3O3S/c25-19(12-17-20(26)22-13-6-1-3-9-16(13)27-17)24-11-5-8-15(24)21-23-14-7-2-4-10-18(14)28-21/h1-4,6-7,9-10,15,17H,5,8,11-12H2,(H,22,26). The third-order valence-corrected chi connectivity index (χ3v) is 6.37. The van der Waals surface area contributed by atoms with Crippen molar-refractivity contribution in [2.24, 2.45) is 0 Å². The Morgan fingerprint density at radius 3 is 2.93 bits per heavy atom. The van der Waals surface area contributed by atoms with Crippen LogP contribution in [0.4, 0.5) is 5.69 Å². The molecule has 0 saturated carbocycles. The summed E-state index contributed by atoms with van der Waals surface area (Å²) in [5.41, 5.74) is 1.61. The molecule has 0 radical (unpaired) electrons. The van der Waals surface area contributed by atoms with E-state index in [-0.39, 0.29) is 24.3 Å². The molecule has 2 aliphatic heterocycles. The van der Waals surface area contributed by atoms with Gasteiger partial charge < -0.3 is 15.0 Å². The van der Waals surface area contributed by atoms with Gasteiger partial charge in [-0.25, -0.2) is 4.98 Å². The van der Waals surface area contributed by atoms with Crippen LogP contribution in [0.15, 0.2) is 48.5 Å². The average Bonchev–Trinajstić information content (AvgIpc) is 3.35. The molecule has 1 aromatic heterocycles. The first-order valence-electron chi connectivity index (χ1n) is 9.40. The lowest BCUT2D eigenvalue weighted by atomic mass is 10.1. The number of hydrogen-bond acceptors (Lipinski definition) is 5. The van der Waals surface area contributed by atoms with Crippen LogP contribution in [0.5, 0.6) is 5.75 Å². The number of nitrogens with one attached hydrogen (secondary N) is 1. The number of benzene rings is 2. The number of thiazole rings is 1. The van der Waals surface area contributed by atoms with E-state index in [0.29, 0.717) is 18.0 Å². The first-order valence-corrected chi connectivity index (χ1v) is 10.2. The molecule has 5 rings (SSSR count). The van der Waals surface area contributed by atoms with E-state index in [1.54, 1.807) is 23.5 Å². The zero-order chi connectivity index (χ0) is 19.1. The number of rotatable bonds is 3. The fourth-order valence-corrected chi connectivity index (χ4v) is 4.97. The van der Waals surface area contributed by atoms with E-state index < -0.39 is 6.10 Å². The average molecular weight is 393 g/mol. The molecule has 1 N–H and O–H groups in total. The second-order valence-electron chi connectivity index (χ2n) is 7.06. The fraction of sp³-hybridized carbons (Fsp3) is 0.286. The molecule has 2 aliphatic rings. The van der Waals surface area contributed by atoms with Crippen molar-refractivity contribution in [1.29, 1.82) is 0 Å². The Morgan fingerprint density at radius 1 is 1.21 bits per heavy atom. The molecule has 1 fully saturated rings. The monoisotopic (exact) mass is 393 g/mol. The van der Waals surface area contributed by atoms with Gasteiger partial charge in [-0.2, -0.15) is 0 Å². The van der Waals surface area contributed by atoms with Crippen LogP contribution in [0.3, 0.4) is 0 Å². The van der Waals surface area contributed by atoms with Crippen LogP contribution in [0.1, 0.15) is 30.3 Å². The summed E-state index contributed by atoms with van der Waals surface area (Å²) < 4.78 is 6.92. The smallest absolute Gasteiger partial charge is 0.266 e. The molecule has 0 spiro atoms. The van der Waals surface area contributed by atoms with Crippen molar-refractivity contribution in [2.45, 2.75) is 31.4 Å². The van der Waals surface area contributed by atoms with Crippen LogP contribution in [-0.4, -0.2) is 34.3 Å². The number of anilines is 1. The van der Waals surface area contributed by atoms with Gasteiger partial charge in [-0.3, -0.25) is 9.59 Å². The molecular formula is C21H19N3O3S. The van der Waals surface area contributed by atoms with E-state index in [1.807, 2.05) is 35.2 Å². The lowest BCUT2D eigenvalue weighted by Gasteiger charge is -2.28. The minimum Gasteiger partial charge on any atom is -0.478 e. The highest BCUT2D eigenvalue weighted by molar-refractivity contribution is 7.18. The van der Waals surface area contributed by atoms with Crippen LogP contribution >= 0.6 is 11.3 Å². The third kappa shape index (κ3) is 3.01. The summed E-state index contributed by atoms with van der Waals surface area (Å²) in [6, 6.07) is 15.3. The van der Waals surface area contributed by atoms with Gasteiger partial charge in [-0.1, -0.05) is 24.3 Å². The fourth-order valence-electron chi connectivity index (χ4n) is 3.86. The summed E-state index contributed by atoms with van der Waals surface area (Å²) in [7, 11) is 0. The van der Waals surface area contributed by atoms with E-state index in [4.69, 9.17) is 9.72 Å². The SMILES string of the molecule is O=C1Nc2ccccc2OC1CC(=O)N1CCCC1c1nc2ccccc2s1. The van der Waals surface area contributed by atoms with Crippen molar-refractivity contribution in [3.63, 3.8) is 0 Å². The summed E-state index contributed by atoms with van der Waals surface area (Å²) in [5.74, 6) is 0.258. The number of para-hydroxylation sites is 3. The Kier molecular flexibility index (Phi) is 4.24. The minimum absolute atomic E-state index is 0.0242. The van der Waals surface area contributed by atoms with Crippen molar-refractivity contribution >= 4 is 39.1 Å². The maximum atomic E-state index is 13.0. The molecule has 2 aromatic carbocycles. The number of nitrogens with zero attached hydrogens (tertiary/aromatic N) is 2. The van der Waals surface area contributed by atoms with Crippen LogP contribution in [0, 0.1) is 0 Å². The predicted octanol–water partition coefficient (Wildman–Crippen LogP) is 3.75. The first kappa shape index (κ1) is 17.2. The van der Waals surface area contributed by atoms with Crippen LogP contribution in [-0.2, 0) is 9.59 Å². The molecule has 6 nitrogen and oxygen atoms in total. The van der Waals surface area contributed by atoms with Crippen molar-refractivity contribution in [2.75, 3.05) is 11.9 Å². The Bertz CT molecular complexity index is 1030. The summed E-state index contributed by atoms with van der Waals surface area (Å²) in [4.78, 5) is 32.0. The lowest BCUT2D eigenvalue weighted by molar-refractivity contribution is -0.137. The second kappa shape index (κ2) is 6.91. The molecule has 28 heavy (non-hydrogen) atoms. The maximum absolute atomic E-state index is 13.0. The van der Waals surface area contributed by atoms with Gasteiger partial charge >= 0.3 is 0 Å². The van der Waals surface area contributed by atoms with Gasteiger partial charge in [0.15, 0.2) is 6.10 Å². The number of fused-ring (bicyclic) bond motifs is 2. The number of ether oxygens (including phenoxy) is 1. The van der Waals surface area contributed by atoms with Crippen molar-refractivity contribution < 1.29 is 14.3 Å². The van der Waals surface area contributed by atoms with Crippen molar-refractivity contribution in [3.05, 3.63) is 53.5 Å². The molecule has 2 atom stereocenters. The summed E-state index contributed by atoms with van der Waals surface area (Å²) in [6.07, 6.45) is 1.06. The van der Waals surface area contributed by atoms with Gasteiger partial charge in [0, 0.05) is 6.54 Å². The molecule has 142 valence electrons. The quantitative estimate of drug-likeness (QED) is 0.736. The van der Waals surface area contributed by atoms with E-state index in [0.717, 1.165) is 28.1 Å². The van der Waals surface area contributed by atoms with Gasteiger partial charge in [0.1, 0.15) is 10.8 Å². The highest BCUT2D eigenvalue weighted by atomic mass is 32.1. The molecule has 0 aliphatic carbocycles. The van der Waals surface area contributed by atoms with Gasteiger partial charge in [0.2, 0.25) is 5.91 Å². The number of hydrogen-bond donors (Lipinski definition) is 1. The van der Waals surface area contributed by atoms with Crippen LogP contribution in [0.25, 0.3) is 10.2 Å². The Hall–Kier alpha value is -2.93. The van der Waals surface area contributed by atoms with Crippen LogP contribution < -0.4 is 10.1 Å². The molecule has 3 aromatic rings. The number of aromatic nitrogens is 1. The molecule has 2 unspecified atom stereocenters. The molecule has 1 saturated heterocycles. The van der Waals surface area contributed by atoms with Gasteiger partial charge in [0.05, 0.1) is 28.4 Å². The van der Waals surface area contributed by atoms with Crippen LogP contribution in [0.2, 0.25) is 0 Å². The normalized spacial score (nSPS) is 21.3. The Balaban J connectivity index is 1.34. The lowest BCUT2D eigenvalue weighted by Crippen LogP contribution is -2.42. The summed E-state index contributed by atoms with van der Waals surface area (Å²) >= 11 is 1.64. The molecule has 3 heterocycles. The second-order valence-corrected chi connectivity index (χ2v) is 8.12. The van der Waals surface area contributed by atoms with E-state index >= 15 is 0 Å². The highest BCUT2D eigenvalue weighted by Gasteiger charge is 2.36. The van der Waals surface area contributed by atoms with Crippen molar-refractivity contribution in [3.8, 4) is 5.75 Å². The number of carbonyl (C=O) groups is 2. The zero-order valence-electron chi connectivity index (χ0n) is 15.1. The van der Waals surface area contributed by atoms with E-state index in [1.165, 1.54) is 0 Å². The van der Waals surface area contributed by atoms with Crippen molar-refractivity contribution in [1.82, 2.24) is 9.88 Å². The van der Waals surface area contributed by atoms with Gasteiger partial charge in [-0.05, 0) is 37.1 Å². The highest BCUT2D eigenvalue weighted by Crippen LogP contribution is 2.37. The Morgan fingerprint density at radius 2 is 2.04 bits per heavy atom. The third-order valence-electron chi connectivity index (χ3n) is 5.24.